The lowest BCUT2D eigenvalue weighted by molar-refractivity contribution is 0.546. The minimum atomic E-state index is 0.970. The standard InChI is InChI=1S/C19H33N2Si/c22-17-11-6-4-2-1-3-5-10-14-20-15-16-21-18-19-12-8-7-9-13-19/h7-9,12-13,20-21H,1-6,10-11,14-18H2. The van der Waals surface area contributed by atoms with Crippen LogP contribution in [-0.2, 0) is 6.54 Å². The highest BCUT2D eigenvalue weighted by Gasteiger charge is 1.93. The lowest BCUT2D eigenvalue weighted by Gasteiger charge is -2.07. The Kier molecular flexibility index (Phi) is 13.5. The summed E-state index contributed by atoms with van der Waals surface area (Å²) in [5, 5.41) is 6.99. The highest BCUT2D eigenvalue weighted by molar-refractivity contribution is 6.08. The number of nitrogens with one attached hydrogen (secondary N) is 2. The molecule has 2 N–H and O–H groups in total. The van der Waals surface area contributed by atoms with Gasteiger partial charge in [-0.3, -0.25) is 0 Å². The lowest BCUT2D eigenvalue weighted by Crippen LogP contribution is -2.27. The zero-order valence-corrected chi connectivity index (χ0v) is 15.1. The number of hydrogen-bond donors (Lipinski definition) is 2. The molecule has 0 aliphatic rings. The summed E-state index contributed by atoms with van der Waals surface area (Å²) < 4.78 is 0. The van der Waals surface area contributed by atoms with Crippen molar-refractivity contribution in [2.75, 3.05) is 19.6 Å². The Morgan fingerprint density at radius 3 is 1.91 bits per heavy atom. The van der Waals surface area contributed by atoms with Gasteiger partial charge in [-0.05, 0) is 18.5 Å². The molecular weight excluding hydrogens is 284 g/mol. The molecule has 0 aromatic heterocycles. The summed E-state index contributed by atoms with van der Waals surface area (Å²) in [7, 11) is 3.53. The van der Waals surface area contributed by atoms with Gasteiger partial charge in [-0.1, -0.05) is 81.3 Å². The van der Waals surface area contributed by atoms with Gasteiger partial charge < -0.3 is 10.6 Å². The molecule has 0 unspecified atom stereocenters. The van der Waals surface area contributed by atoms with Gasteiger partial charge >= 0.3 is 0 Å². The van der Waals surface area contributed by atoms with Crippen LogP contribution in [0.25, 0.3) is 0 Å². The molecule has 0 spiro atoms. The fourth-order valence-corrected chi connectivity index (χ4v) is 2.82. The Morgan fingerprint density at radius 2 is 1.23 bits per heavy atom. The van der Waals surface area contributed by atoms with Gasteiger partial charge in [0.1, 0.15) is 0 Å². The van der Waals surface area contributed by atoms with Gasteiger partial charge in [0.15, 0.2) is 0 Å². The van der Waals surface area contributed by atoms with Crippen molar-refractivity contribution in [3.05, 3.63) is 35.9 Å². The van der Waals surface area contributed by atoms with E-state index in [-0.39, 0.29) is 0 Å². The van der Waals surface area contributed by atoms with Crippen LogP contribution < -0.4 is 10.6 Å². The van der Waals surface area contributed by atoms with Gasteiger partial charge in [0.25, 0.3) is 0 Å². The second-order valence-corrected chi connectivity index (χ2v) is 6.49. The maximum absolute atomic E-state index is 3.53. The van der Waals surface area contributed by atoms with Crippen LogP contribution in [0.2, 0.25) is 6.04 Å². The molecule has 3 radical (unpaired) electrons. The van der Waals surface area contributed by atoms with E-state index in [1.54, 1.807) is 0 Å². The monoisotopic (exact) mass is 317 g/mol. The Hall–Kier alpha value is -0.643. The first-order valence-corrected chi connectivity index (χ1v) is 9.74. The average molecular weight is 318 g/mol. The van der Waals surface area contributed by atoms with Crippen LogP contribution in [0.3, 0.4) is 0 Å². The Balaban J connectivity index is 1.73. The van der Waals surface area contributed by atoms with E-state index in [1.165, 1.54) is 56.9 Å². The zero-order chi connectivity index (χ0) is 15.7. The van der Waals surface area contributed by atoms with Gasteiger partial charge in [-0.25, -0.2) is 0 Å². The van der Waals surface area contributed by atoms with Crippen LogP contribution in [0.5, 0.6) is 0 Å². The van der Waals surface area contributed by atoms with Crippen LogP contribution in [0.15, 0.2) is 30.3 Å². The smallest absolute Gasteiger partial charge is 0.0222 e. The quantitative estimate of drug-likeness (QED) is 0.376. The van der Waals surface area contributed by atoms with Gasteiger partial charge in [-0.15, -0.1) is 0 Å². The molecule has 1 rings (SSSR count). The maximum Gasteiger partial charge on any atom is 0.0222 e. The van der Waals surface area contributed by atoms with Gasteiger partial charge in [0.2, 0.25) is 0 Å². The number of hydrogen-bond acceptors (Lipinski definition) is 2. The van der Waals surface area contributed by atoms with Gasteiger partial charge in [-0.2, -0.15) is 0 Å². The largest absolute Gasteiger partial charge is 0.315 e. The normalized spacial score (nSPS) is 11.0. The Morgan fingerprint density at radius 1 is 0.636 bits per heavy atom. The molecule has 1 aromatic rings. The van der Waals surface area contributed by atoms with Crippen LogP contribution in [0.4, 0.5) is 0 Å². The third-order valence-electron chi connectivity index (χ3n) is 3.93. The molecular formula is C19H33N2Si. The molecule has 1 aromatic carbocycles. The summed E-state index contributed by atoms with van der Waals surface area (Å²) in [5.74, 6) is 0. The molecule has 2 nitrogen and oxygen atoms in total. The lowest BCUT2D eigenvalue weighted by atomic mass is 10.1. The number of benzene rings is 1. The molecule has 3 heteroatoms. The second kappa shape index (κ2) is 15.3. The van der Waals surface area contributed by atoms with Crippen LogP contribution in [0, 0.1) is 0 Å². The zero-order valence-electron chi connectivity index (χ0n) is 14.1. The predicted octanol–water partition coefficient (Wildman–Crippen LogP) is 4.07. The van der Waals surface area contributed by atoms with Crippen molar-refractivity contribution in [3.8, 4) is 0 Å². The van der Waals surface area contributed by atoms with E-state index in [1.807, 2.05) is 0 Å². The fraction of sp³-hybridized carbons (Fsp3) is 0.684. The Labute approximate surface area is 140 Å². The minimum Gasteiger partial charge on any atom is -0.315 e. The summed E-state index contributed by atoms with van der Waals surface area (Å²) in [4.78, 5) is 0. The fourth-order valence-electron chi connectivity index (χ4n) is 2.57. The van der Waals surface area contributed by atoms with Crippen molar-refractivity contribution >= 4 is 10.2 Å². The topological polar surface area (TPSA) is 24.1 Å². The van der Waals surface area contributed by atoms with Crippen LogP contribution in [0.1, 0.15) is 56.9 Å². The van der Waals surface area contributed by atoms with Crippen molar-refractivity contribution in [1.29, 1.82) is 0 Å². The van der Waals surface area contributed by atoms with Crippen molar-refractivity contribution in [1.82, 2.24) is 10.6 Å². The first kappa shape index (κ1) is 19.4. The maximum atomic E-state index is 3.53. The number of rotatable bonds is 15. The summed E-state index contributed by atoms with van der Waals surface area (Å²) in [6, 6.07) is 11.7. The predicted molar refractivity (Wildman–Crippen MR) is 98.5 cm³/mol. The summed E-state index contributed by atoms with van der Waals surface area (Å²) in [6.45, 7) is 4.25. The molecule has 0 saturated carbocycles. The molecule has 123 valence electrons. The van der Waals surface area contributed by atoms with E-state index in [0.29, 0.717) is 0 Å². The molecule has 0 heterocycles. The average Bonchev–Trinajstić information content (AvgIpc) is 2.56. The van der Waals surface area contributed by atoms with E-state index < -0.39 is 0 Å². The van der Waals surface area contributed by atoms with E-state index in [2.05, 4.69) is 51.2 Å². The highest BCUT2D eigenvalue weighted by Crippen LogP contribution is 2.08. The van der Waals surface area contributed by atoms with Crippen molar-refractivity contribution in [2.45, 2.75) is 64.0 Å². The third-order valence-corrected chi connectivity index (χ3v) is 4.28. The summed E-state index contributed by atoms with van der Waals surface area (Å²) >= 11 is 0. The first-order valence-electron chi connectivity index (χ1n) is 9.03. The van der Waals surface area contributed by atoms with E-state index in [4.69, 9.17) is 0 Å². The van der Waals surface area contributed by atoms with Crippen LogP contribution >= 0.6 is 0 Å². The van der Waals surface area contributed by atoms with E-state index in [9.17, 15) is 0 Å². The molecule has 0 aliphatic heterocycles. The molecule has 0 aliphatic carbocycles. The second-order valence-electron chi connectivity index (χ2n) is 5.99. The van der Waals surface area contributed by atoms with Crippen molar-refractivity contribution < 1.29 is 0 Å². The summed E-state index contributed by atoms with van der Waals surface area (Å²) in [6.07, 6.45) is 11.1. The van der Waals surface area contributed by atoms with Gasteiger partial charge in [0, 0.05) is 29.9 Å². The number of unbranched alkanes of at least 4 members (excludes halogenated alkanes) is 7. The van der Waals surface area contributed by atoms with Crippen molar-refractivity contribution in [2.24, 2.45) is 0 Å². The van der Waals surface area contributed by atoms with E-state index in [0.717, 1.165) is 32.2 Å². The first-order chi connectivity index (χ1) is 10.9. The molecule has 0 amide bonds. The Bertz CT molecular complexity index is 329. The summed E-state index contributed by atoms with van der Waals surface area (Å²) in [5.41, 5.74) is 1.36. The van der Waals surface area contributed by atoms with Crippen molar-refractivity contribution in [3.63, 3.8) is 0 Å². The van der Waals surface area contributed by atoms with E-state index >= 15 is 0 Å². The minimum absolute atomic E-state index is 0.970. The molecule has 0 bridgehead atoms. The highest BCUT2D eigenvalue weighted by atomic mass is 28.1. The van der Waals surface area contributed by atoms with Crippen LogP contribution in [-0.4, -0.2) is 29.9 Å². The van der Waals surface area contributed by atoms with Gasteiger partial charge in [0.05, 0.1) is 0 Å². The molecule has 0 saturated heterocycles. The molecule has 22 heavy (non-hydrogen) atoms. The SMILES string of the molecule is [Si]CCCCCCCCCCNCCNCc1ccccc1. The molecule has 0 fully saturated rings. The third kappa shape index (κ3) is 12.0. The molecule has 0 atom stereocenters.